The van der Waals surface area contributed by atoms with Crippen molar-refractivity contribution < 1.29 is 28.0 Å². The molecule has 1 aromatic rings. The molecule has 11 nitrogen and oxygen atoms in total. The van der Waals surface area contributed by atoms with Crippen LogP contribution in [0.25, 0.3) is 0 Å². The number of likely N-dealkylation sites (N-methyl/N-ethyl adjacent to an activating group) is 1. The summed E-state index contributed by atoms with van der Waals surface area (Å²) in [4.78, 5) is 32.9. The first-order chi connectivity index (χ1) is 17.9. The zero-order chi connectivity index (χ0) is 31.5. The maximum absolute atomic E-state index is 12.4. The van der Waals surface area contributed by atoms with Crippen molar-refractivity contribution in [3.05, 3.63) is 46.7 Å². The van der Waals surface area contributed by atoms with Crippen LogP contribution in [-0.2, 0) is 19.6 Å². The minimum Gasteiger partial charge on any atom is -0.480 e. The number of nitro groups is 1. The smallest absolute Gasteiger partial charge is 0.328 e. The normalized spacial score (nSPS) is 9.82. The second-order valence-corrected chi connectivity index (χ2v) is 8.38. The maximum Gasteiger partial charge on any atom is 0.328 e. The Hall–Kier alpha value is -2.99. The number of amides is 1. The van der Waals surface area contributed by atoms with Gasteiger partial charge in [0.25, 0.3) is 5.69 Å². The van der Waals surface area contributed by atoms with Crippen molar-refractivity contribution in [1.29, 1.82) is 0 Å². The number of carboxylic acid groups (broad SMARTS) is 1. The van der Waals surface area contributed by atoms with E-state index >= 15 is 0 Å². The number of carbonyl (C=O) groups excluding carboxylic acids is 1. The number of aliphatic carboxylic acids is 1. The third kappa shape index (κ3) is 21.1. The lowest BCUT2D eigenvalue weighted by atomic mass is 10.3. The quantitative estimate of drug-likeness (QED) is 0.251. The number of carbonyl (C=O) groups is 2. The zero-order valence-corrected chi connectivity index (χ0v) is 26.2. The van der Waals surface area contributed by atoms with Crippen molar-refractivity contribution in [2.24, 2.45) is 0 Å². The van der Waals surface area contributed by atoms with E-state index in [1.807, 2.05) is 55.4 Å². The molecule has 0 fully saturated rings. The van der Waals surface area contributed by atoms with Gasteiger partial charge in [0.05, 0.1) is 16.4 Å². The Bertz CT molecular complexity index is 859. The number of carboxylic acids is 1. The fourth-order valence-corrected chi connectivity index (χ4v) is 3.05. The van der Waals surface area contributed by atoms with Gasteiger partial charge in [0, 0.05) is 31.4 Å². The molecule has 1 unspecified atom stereocenters. The number of hydrogen-bond donors (Lipinski definition) is 3. The van der Waals surface area contributed by atoms with Crippen molar-refractivity contribution in [1.82, 2.24) is 14.9 Å². The number of sulfonamides is 1. The molecule has 1 atom stereocenters. The van der Waals surface area contributed by atoms with Crippen LogP contribution in [0.3, 0.4) is 0 Å². The number of allylic oxidation sites excluding steroid dienone is 1. The number of nitrogens with zero attached hydrogens (tertiary/aromatic N) is 2. The van der Waals surface area contributed by atoms with Crippen molar-refractivity contribution >= 4 is 27.6 Å². The topological polar surface area (TPSA) is 159 Å². The Morgan fingerprint density at radius 1 is 1.03 bits per heavy atom. The maximum atomic E-state index is 12.4. The summed E-state index contributed by atoms with van der Waals surface area (Å²) in [7, 11) is -2.95. The van der Waals surface area contributed by atoms with E-state index in [4.69, 9.17) is 5.11 Å². The highest BCUT2D eigenvalue weighted by molar-refractivity contribution is 7.89. The lowest BCUT2D eigenvalue weighted by Crippen LogP contribution is -2.50. The Labute approximate surface area is 230 Å². The van der Waals surface area contributed by atoms with Crippen LogP contribution in [0.4, 0.5) is 5.69 Å². The standard InChI is InChI=1S/C15H20N4O7S.C3H8.4C2H6/c1-10(2)16-8-13(15(21)22)17-14(20)9-18(3)27(25,26)12-6-4-11(5-7-12)19(23)24;1-3-2;4*1-2/h4-7,13,16H,1,8-9H2,2-3H3,(H,17,20)(H,21,22);3H2,1-2H3;4*1-2H3. The number of hydrogen-bond acceptors (Lipinski definition) is 7. The molecule has 1 rings (SSSR count). The largest absolute Gasteiger partial charge is 0.480 e. The van der Waals surface area contributed by atoms with E-state index in [1.54, 1.807) is 6.92 Å². The Morgan fingerprint density at radius 2 is 1.42 bits per heavy atom. The van der Waals surface area contributed by atoms with Crippen LogP contribution in [0.15, 0.2) is 41.4 Å². The van der Waals surface area contributed by atoms with Gasteiger partial charge in [-0.1, -0.05) is 82.2 Å². The molecule has 0 spiro atoms. The molecule has 0 saturated heterocycles. The molecule has 0 aliphatic rings. The van der Waals surface area contributed by atoms with Crippen LogP contribution < -0.4 is 10.6 Å². The molecule has 3 N–H and O–H groups in total. The molecule has 0 aliphatic heterocycles. The van der Waals surface area contributed by atoms with Gasteiger partial charge in [-0.3, -0.25) is 14.9 Å². The predicted octanol–water partition coefficient (Wildman–Crippen LogP) is 5.43. The van der Waals surface area contributed by atoms with Crippen LogP contribution in [0.1, 0.15) is 82.6 Å². The van der Waals surface area contributed by atoms with Crippen molar-refractivity contribution in [3.8, 4) is 0 Å². The summed E-state index contributed by atoms with van der Waals surface area (Å²) >= 11 is 0. The monoisotopic (exact) mass is 564 g/mol. The number of rotatable bonds is 10. The van der Waals surface area contributed by atoms with E-state index in [9.17, 15) is 28.1 Å². The molecule has 0 aliphatic carbocycles. The van der Waals surface area contributed by atoms with Gasteiger partial charge in [-0.25, -0.2) is 13.2 Å². The molecule has 224 valence electrons. The first kappa shape index (κ1) is 45.0. The van der Waals surface area contributed by atoms with Gasteiger partial charge in [0.2, 0.25) is 15.9 Å². The highest BCUT2D eigenvalue weighted by atomic mass is 32.2. The highest BCUT2D eigenvalue weighted by Gasteiger charge is 2.26. The van der Waals surface area contributed by atoms with Gasteiger partial charge in [-0.2, -0.15) is 4.31 Å². The van der Waals surface area contributed by atoms with Crippen molar-refractivity contribution in [2.45, 2.75) is 93.5 Å². The molecule has 1 amide bonds. The number of nitro benzene ring substituents is 1. The lowest BCUT2D eigenvalue weighted by molar-refractivity contribution is -0.384. The summed E-state index contributed by atoms with van der Waals surface area (Å²) in [5, 5.41) is 24.6. The predicted molar refractivity (Wildman–Crippen MR) is 157 cm³/mol. The van der Waals surface area contributed by atoms with Crippen molar-refractivity contribution in [2.75, 3.05) is 20.1 Å². The van der Waals surface area contributed by atoms with Crippen LogP contribution in [0.2, 0.25) is 0 Å². The number of non-ortho nitro benzene ring substituents is 1. The van der Waals surface area contributed by atoms with Crippen molar-refractivity contribution in [3.63, 3.8) is 0 Å². The second-order valence-electron chi connectivity index (χ2n) is 6.34. The fraction of sp³-hybridized carbons (Fsp3) is 0.615. The minimum absolute atomic E-state index is 0.116. The van der Waals surface area contributed by atoms with E-state index in [1.165, 1.54) is 6.42 Å². The van der Waals surface area contributed by atoms with E-state index in [2.05, 4.69) is 31.1 Å². The summed E-state index contributed by atoms with van der Waals surface area (Å²) in [5.74, 6) is -2.11. The summed E-state index contributed by atoms with van der Waals surface area (Å²) < 4.78 is 25.6. The van der Waals surface area contributed by atoms with Gasteiger partial charge in [0.15, 0.2) is 0 Å². The van der Waals surface area contributed by atoms with Gasteiger partial charge in [0.1, 0.15) is 6.04 Å². The summed E-state index contributed by atoms with van der Waals surface area (Å²) in [6.07, 6.45) is 1.25. The number of nitrogens with one attached hydrogen (secondary N) is 2. The third-order valence-corrected chi connectivity index (χ3v) is 5.18. The first-order valence-electron chi connectivity index (χ1n) is 13.0. The molecule has 0 saturated carbocycles. The average molecular weight is 565 g/mol. The molecule has 0 aromatic heterocycles. The Morgan fingerprint density at radius 3 is 1.74 bits per heavy atom. The lowest BCUT2D eigenvalue weighted by Gasteiger charge is -2.20. The first-order valence-corrected chi connectivity index (χ1v) is 14.4. The molecular formula is C26H52N4O7S. The fourth-order valence-electron chi connectivity index (χ4n) is 1.92. The van der Waals surface area contributed by atoms with Gasteiger partial charge < -0.3 is 15.7 Å². The average Bonchev–Trinajstić information content (AvgIpc) is 2.91. The zero-order valence-electron chi connectivity index (χ0n) is 25.4. The summed E-state index contributed by atoms with van der Waals surface area (Å²) in [6.45, 7) is 24.7. The SMILES string of the molecule is C=C(C)NCC(NC(=O)CN(C)S(=O)(=O)c1ccc([N+](=O)[O-])cc1)C(=O)O.CC.CC.CC.CC.CCC. The van der Waals surface area contributed by atoms with Crippen LogP contribution in [0, 0.1) is 10.1 Å². The van der Waals surface area contributed by atoms with Gasteiger partial charge >= 0.3 is 5.97 Å². The van der Waals surface area contributed by atoms with E-state index in [0.717, 1.165) is 31.3 Å². The van der Waals surface area contributed by atoms with E-state index < -0.39 is 39.4 Å². The highest BCUT2D eigenvalue weighted by Crippen LogP contribution is 2.18. The summed E-state index contributed by atoms with van der Waals surface area (Å²) in [6, 6.07) is 2.90. The molecule has 0 heterocycles. The molecular weight excluding hydrogens is 512 g/mol. The van der Waals surface area contributed by atoms with Gasteiger partial charge in [-0.05, 0) is 19.1 Å². The second kappa shape index (κ2) is 28.6. The molecule has 0 bridgehead atoms. The molecule has 1 aromatic carbocycles. The van der Waals surface area contributed by atoms with Gasteiger partial charge in [-0.15, -0.1) is 0 Å². The van der Waals surface area contributed by atoms with E-state index in [0.29, 0.717) is 10.0 Å². The minimum atomic E-state index is -4.09. The molecule has 12 heteroatoms. The molecule has 0 radical (unpaired) electrons. The Balaban J connectivity index is -0.000000289. The van der Waals surface area contributed by atoms with Crippen LogP contribution in [-0.4, -0.2) is 60.8 Å². The third-order valence-electron chi connectivity index (χ3n) is 3.36. The summed E-state index contributed by atoms with van der Waals surface area (Å²) in [5.41, 5.74) is 0.233. The van der Waals surface area contributed by atoms with E-state index in [-0.39, 0.29) is 17.1 Å². The number of benzene rings is 1. The molecule has 38 heavy (non-hydrogen) atoms. The van der Waals surface area contributed by atoms with Crippen LogP contribution >= 0.6 is 0 Å². The van der Waals surface area contributed by atoms with Crippen LogP contribution in [0.5, 0.6) is 0 Å². The Kier molecular flexibility index (Phi) is 33.8.